The molecule has 0 saturated heterocycles. The maximum absolute atomic E-state index is 5.67. The van der Waals surface area contributed by atoms with Crippen LogP contribution >= 0.6 is 11.3 Å². The van der Waals surface area contributed by atoms with Gasteiger partial charge in [-0.3, -0.25) is 0 Å². The number of aryl methyl sites for hydroxylation is 2. The Morgan fingerprint density at radius 1 is 1.24 bits per heavy atom. The van der Waals surface area contributed by atoms with Crippen molar-refractivity contribution in [2.75, 3.05) is 11.9 Å². The molecule has 0 atom stereocenters. The highest BCUT2D eigenvalue weighted by atomic mass is 32.1. The van der Waals surface area contributed by atoms with Crippen molar-refractivity contribution in [2.24, 2.45) is 5.73 Å². The molecule has 0 unspecified atom stereocenters. The molecule has 3 nitrogen and oxygen atoms in total. The summed E-state index contributed by atoms with van der Waals surface area (Å²) in [5.74, 6) is 0. The molecule has 90 valence electrons. The van der Waals surface area contributed by atoms with Crippen molar-refractivity contribution in [1.82, 2.24) is 4.98 Å². The van der Waals surface area contributed by atoms with Gasteiger partial charge in [0.05, 0.1) is 5.69 Å². The van der Waals surface area contributed by atoms with Gasteiger partial charge in [-0.05, 0) is 26.0 Å². The molecule has 0 aliphatic rings. The molecule has 2 N–H and O–H groups in total. The van der Waals surface area contributed by atoms with E-state index in [0.29, 0.717) is 6.54 Å². The summed E-state index contributed by atoms with van der Waals surface area (Å²) in [6.45, 7) is 4.65. The standard InChI is InChI=1S/C13H17N3S/c1-9-4-6-11(7-5-9)16(3)13-15-10(2)12(8-14)17-13/h4-7H,8,14H2,1-3H3. The number of hydrogen-bond donors (Lipinski definition) is 1. The fraction of sp³-hybridized carbons (Fsp3) is 0.308. The Balaban J connectivity index is 2.29. The molecule has 2 aromatic rings. The smallest absolute Gasteiger partial charge is 0.190 e. The van der Waals surface area contributed by atoms with Crippen molar-refractivity contribution in [3.8, 4) is 0 Å². The second-order valence-corrected chi connectivity index (χ2v) is 5.17. The van der Waals surface area contributed by atoms with E-state index in [-0.39, 0.29) is 0 Å². The molecule has 0 aliphatic carbocycles. The van der Waals surface area contributed by atoms with Crippen LogP contribution in [0.3, 0.4) is 0 Å². The summed E-state index contributed by atoms with van der Waals surface area (Å²) in [7, 11) is 2.03. The summed E-state index contributed by atoms with van der Waals surface area (Å²) in [5, 5.41) is 0.992. The molecule has 0 aliphatic heterocycles. The molecule has 0 fully saturated rings. The van der Waals surface area contributed by atoms with Crippen LogP contribution in [0.5, 0.6) is 0 Å². The second kappa shape index (κ2) is 4.85. The zero-order chi connectivity index (χ0) is 12.4. The average molecular weight is 247 g/mol. The van der Waals surface area contributed by atoms with Gasteiger partial charge in [0.25, 0.3) is 0 Å². The van der Waals surface area contributed by atoms with E-state index in [1.165, 1.54) is 5.56 Å². The number of hydrogen-bond acceptors (Lipinski definition) is 4. The summed E-state index contributed by atoms with van der Waals surface area (Å²) in [5.41, 5.74) is 9.12. The fourth-order valence-corrected chi connectivity index (χ4v) is 2.55. The lowest BCUT2D eigenvalue weighted by atomic mass is 10.2. The summed E-state index contributed by atoms with van der Waals surface area (Å²) < 4.78 is 0. The highest BCUT2D eigenvalue weighted by Crippen LogP contribution is 2.30. The van der Waals surface area contributed by atoms with Gasteiger partial charge in [0.1, 0.15) is 0 Å². The van der Waals surface area contributed by atoms with Gasteiger partial charge in [0, 0.05) is 24.2 Å². The van der Waals surface area contributed by atoms with Crippen LogP contribution in [0.2, 0.25) is 0 Å². The molecule has 0 saturated carbocycles. The molecule has 1 heterocycles. The van der Waals surface area contributed by atoms with Gasteiger partial charge in [-0.25, -0.2) is 4.98 Å². The molecule has 0 bridgehead atoms. The van der Waals surface area contributed by atoms with Gasteiger partial charge in [-0.1, -0.05) is 29.0 Å². The molecular weight excluding hydrogens is 230 g/mol. The van der Waals surface area contributed by atoms with Crippen LogP contribution in [0.15, 0.2) is 24.3 Å². The minimum atomic E-state index is 0.561. The molecule has 0 radical (unpaired) electrons. The van der Waals surface area contributed by atoms with E-state index in [9.17, 15) is 0 Å². The lowest BCUT2D eigenvalue weighted by Crippen LogP contribution is -2.08. The summed E-state index contributed by atoms with van der Waals surface area (Å²) in [6, 6.07) is 8.43. The molecule has 2 rings (SSSR count). The number of rotatable bonds is 3. The molecular formula is C13H17N3S. The van der Waals surface area contributed by atoms with Gasteiger partial charge >= 0.3 is 0 Å². The molecule has 1 aromatic heterocycles. The van der Waals surface area contributed by atoms with Gasteiger partial charge in [0.2, 0.25) is 0 Å². The van der Waals surface area contributed by atoms with E-state index in [1.807, 2.05) is 14.0 Å². The molecule has 4 heteroatoms. The van der Waals surface area contributed by atoms with Crippen LogP contribution in [0.4, 0.5) is 10.8 Å². The van der Waals surface area contributed by atoms with Crippen molar-refractivity contribution in [3.63, 3.8) is 0 Å². The van der Waals surface area contributed by atoms with E-state index in [2.05, 4.69) is 41.1 Å². The number of aromatic nitrogens is 1. The third kappa shape index (κ3) is 2.48. The maximum atomic E-state index is 5.67. The van der Waals surface area contributed by atoms with E-state index >= 15 is 0 Å². The van der Waals surface area contributed by atoms with E-state index in [1.54, 1.807) is 11.3 Å². The fourth-order valence-electron chi connectivity index (χ4n) is 1.62. The normalized spacial score (nSPS) is 10.6. The van der Waals surface area contributed by atoms with Crippen LogP contribution in [0.1, 0.15) is 16.1 Å². The Kier molecular flexibility index (Phi) is 3.45. The Bertz CT molecular complexity index is 502. The van der Waals surface area contributed by atoms with Crippen molar-refractivity contribution in [3.05, 3.63) is 40.4 Å². The van der Waals surface area contributed by atoms with Gasteiger partial charge in [-0.2, -0.15) is 0 Å². The summed E-state index contributed by atoms with van der Waals surface area (Å²) in [6.07, 6.45) is 0. The van der Waals surface area contributed by atoms with Crippen LogP contribution in [-0.2, 0) is 6.54 Å². The summed E-state index contributed by atoms with van der Waals surface area (Å²) >= 11 is 1.66. The van der Waals surface area contributed by atoms with Crippen LogP contribution in [-0.4, -0.2) is 12.0 Å². The van der Waals surface area contributed by atoms with E-state index < -0.39 is 0 Å². The third-order valence-electron chi connectivity index (χ3n) is 2.77. The Morgan fingerprint density at radius 2 is 1.88 bits per heavy atom. The lowest BCUT2D eigenvalue weighted by molar-refractivity contribution is 1.05. The first-order valence-corrected chi connectivity index (χ1v) is 6.40. The zero-order valence-electron chi connectivity index (χ0n) is 10.4. The van der Waals surface area contributed by atoms with Crippen LogP contribution < -0.4 is 10.6 Å². The predicted molar refractivity (Wildman–Crippen MR) is 74.0 cm³/mol. The van der Waals surface area contributed by atoms with Crippen LogP contribution in [0, 0.1) is 13.8 Å². The second-order valence-electron chi connectivity index (χ2n) is 4.10. The topological polar surface area (TPSA) is 42.2 Å². The van der Waals surface area contributed by atoms with Crippen molar-refractivity contribution in [1.29, 1.82) is 0 Å². The molecule has 17 heavy (non-hydrogen) atoms. The number of benzene rings is 1. The first-order valence-electron chi connectivity index (χ1n) is 5.58. The number of nitrogens with two attached hydrogens (primary N) is 1. The minimum absolute atomic E-state index is 0.561. The monoisotopic (exact) mass is 247 g/mol. The first-order chi connectivity index (χ1) is 8.11. The zero-order valence-corrected chi connectivity index (χ0v) is 11.2. The Morgan fingerprint density at radius 3 is 2.41 bits per heavy atom. The number of anilines is 2. The summed E-state index contributed by atoms with van der Waals surface area (Å²) in [4.78, 5) is 7.79. The third-order valence-corrected chi connectivity index (χ3v) is 4.03. The molecule has 1 aromatic carbocycles. The molecule has 0 amide bonds. The van der Waals surface area contributed by atoms with E-state index in [0.717, 1.165) is 21.4 Å². The average Bonchev–Trinajstić information content (AvgIpc) is 2.70. The largest absolute Gasteiger partial charge is 0.326 e. The first kappa shape index (κ1) is 12.1. The van der Waals surface area contributed by atoms with Crippen LogP contribution in [0.25, 0.3) is 0 Å². The highest BCUT2D eigenvalue weighted by Gasteiger charge is 2.11. The van der Waals surface area contributed by atoms with Crippen molar-refractivity contribution >= 4 is 22.2 Å². The number of thiazole rings is 1. The van der Waals surface area contributed by atoms with Crippen molar-refractivity contribution in [2.45, 2.75) is 20.4 Å². The predicted octanol–water partition coefficient (Wildman–Crippen LogP) is 2.99. The lowest BCUT2D eigenvalue weighted by Gasteiger charge is -2.15. The SMILES string of the molecule is Cc1ccc(N(C)c2nc(C)c(CN)s2)cc1. The van der Waals surface area contributed by atoms with Gasteiger partial charge in [-0.15, -0.1) is 0 Å². The molecule has 0 spiro atoms. The maximum Gasteiger partial charge on any atom is 0.190 e. The van der Waals surface area contributed by atoms with Crippen molar-refractivity contribution < 1.29 is 0 Å². The quantitative estimate of drug-likeness (QED) is 0.906. The van der Waals surface area contributed by atoms with Gasteiger partial charge < -0.3 is 10.6 Å². The highest BCUT2D eigenvalue weighted by molar-refractivity contribution is 7.15. The Hall–Kier alpha value is -1.39. The Labute approximate surface area is 106 Å². The van der Waals surface area contributed by atoms with E-state index in [4.69, 9.17) is 5.73 Å². The van der Waals surface area contributed by atoms with Gasteiger partial charge in [0.15, 0.2) is 5.13 Å². The minimum Gasteiger partial charge on any atom is -0.326 e. The number of nitrogens with zero attached hydrogens (tertiary/aromatic N) is 2.